The summed E-state index contributed by atoms with van der Waals surface area (Å²) in [6, 6.07) is 7.80. The second-order valence-corrected chi connectivity index (χ2v) is 6.82. The zero-order chi connectivity index (χ0) is 16.2. The Bertz CT molecular complexity index is 663. The zero-order valence-electron chi connectivity index (χ0n) is 13.3. The van der Waals surface area contributed by atoms with Gasteiger partial charge in [-0.2, -0.15) is 0 Å². The molecule has 1 aromatic heterocycles. The van der Waals surface area contributed by atoms with Crippen molar-refractivity contribution in [2.45, 2.75) is 20.0 Å². The average molecular weight is 331 g/mol. The Kier molecular flexibility index (Phi) is 4.93. The second kappa shape index (κ2) is 7.10. The molecule has 2 aromatic rings. The molecule has 0 atom stereocenters. The van der Waals surface area contributed by atoms with Crippen molar-refractivity contribution in [3.8, 4) is 16.3 Å². The lowest BCUT2D eigenvalue weighted by Gasteiger charge is -2.26. The van der Waals surface area contributed by atoms with Gasteiger partial charge in [0.25, 0.3) is 5.91 Å². The fourth-order valence-corrected chi connectivity index (χ4v) is 3.09. The van der Waals surface area contributed by atoms with E-state index in [9.17, 15) is 4.79 Å². The Hall–Kier alpha value is -1.92. The number of rotatable bonds is 6. The molecule has 1 amide bonds. The van der Waals surface area contributed by atoms with E-state index in [0.717, 1.165) is 29.4 Å². The SMILES string of the molecule is CC(C)Oc1ccc(-c2nc(C(=O)NCC3CNC3)cs2)cc1. The molecule has 0 saturated carbocycles. The molecule has 1 saturated heterocycles. The molecule has 6 heteroatoms. The second-order valence-electron chi connectivity index (χ2n) is 5.96. The fraction of sp³-hybridized carbons (Fsp3) is 0.412. The molecule has 0 bridgehead atoms. The van der Waals surface area contributed by atoms with E-state index in [1.54, 1.807) is 0 Å². The predicted molar refractivity (Wildman–Crippen MR) is 92.0 cm³/mol. The van der Waals surface area contributed by atoms with Gasteiger partial charge in [-0.15, -0.1) is 11.3 Å². The summed E-state index contributed by atoms with van der Waals surface area (Å²) in [6.45, 7) is 6.67. The minimum atomic E-state index is -0.0980. The molecule has 0 spiro atoms. The maximum absolute atomic E-state index is 12.1. The van der Waals surface area contributed by atoms with E-state index in [0.29, 0.717) is 18.2 Å². The van der Waals surface area contributed by atoms with Gasteiger partial charge in [0.15, 0.2) is 0 Å². The molecule has 2 heterocycles. The monoisotopic (exact) mass is 331 g/mol. The van der Waals surface area contributed by atoms with Gasteiger partial charge in [-0.25, -0.2) is 4.98 Å². The van der Waals surface area contributed by atoms with Crippen LogP contribution in [0.1, 0.15) is 24.3 Å². The third kappa shape index (κ3) is 4.09. The highest BCUT2D eigenvalue weighted by Gasteiger charge is 2.18. The van der Waals surface area contributed by atoms with Crippen LogP contribution in [-0.4, -0.2) is 36.6 Å². The largest absolute Gasteiger partial charge is 0.491 e. The number of thiazole rings is 1. The number of nitrogens with zero attached hydrogens (tertiary/aromatic N) is 1. The number of hydrogen-bond donors (Lipinski definition) is 2. The summed E-state index contributed by atoms with van der Waals surface area (Å²) in [4.78, 5) is 16.5. The molecule has 23 heavy (non-hydrogen) atoms. The van der Waals surface area contributed by atoms with Crippen molar-refractivity contribution in [3.05, 3.63) is 35.3 Å². The first kappa shape index (κ1) is 16.0. The van der Waals surface area contributed by atoms with Gasteiger partial charge in [-0.1, -0.05) is 0 Å². The minimum absolute atomic E-state index is 0.0980. The van der Waals surface area contributed by atoms with E-state index in [4.69, 9.17) is 4.74 Å². The van der Waals surface area contributed by atoms with Crippen LogP contribution < -0.4 is 15.4 Å². The summed E-state index contributed by atoms with van der Waals surface area (Å²) < 4.78 is 5.63. The van der Waals surface area contributed by atoms with Crippen molar-refractivity contribution in [2.24, 2.45) is 5.92 Å². The number of ether oxygens (including phenoxy) is 1. The van der Waals surface area contributed by atoms with E-state index in [1.165, 1.54) is 11.3 Å². The van der Waals surface area contributed by atoms with Gasteiger partial charge >= 0.3 is 0 Å². The van der Waals surface area contributed by atoms with Crippen LogP contribution >= 0.6 is 11.3 Å². The Labute approximate surface area is 140 Å². The van der Waals surface area contributed by atoms with Crippen molar-refractivity contribution in [1.29, 1.82) is 0 Å². The average Bonchev–Trinajstić information content (AvgIpc) is 2.95. The summed E-state index contributed by atoms with van der Waals surface area (Å²) in [6.07, 6.45) is 0.155. The normalized spacial score (nSPS) is 14.6. The van der Waals surface area contributed by atoms with E-state index < -0.39 is 0 Å². The Morgan fingerprint density at radius 2 is 2.13 bits per heavy atom. The molecule has 0 unspecified atom stereocenters. The first-order valence-corrected chi connectivity index (χ1v) is 8.71. The van der Waals surface area contributed by atoms with Crippen LogP contribution in [0.15, 0.2) is 29.6 Å². The minimum Gasteiger partial charge on any atom is -0.491 e. The third-order valence-corrected chi connectivity index (χ3v) is 4.52. The van der Waals surface area contributed by atoms with E-state index in [-0.39, 0.29) is 12.0 Å². The molecule has 1 aromatic carbocycles. The lowest BCUT2D eigenvalue weighted by atomic mass is 10.0. The molecule has 0 aliphatic carbocycles. The molecular formula is C17H21N3O2S. The first-order chi connectivity index (χ1) is 11.1. The Morgan fingerprint density at radius 3 is 2.74 bits per heavy atom. The first-order valence-electron chi connectivity index (χ1n) is 7.83. The van der Waals surface area contributed by atoms with Crippen molar-refractivity contribution in [3.63, 3.8) is 0 Å². The number of carbonyl (C=O) groups is 1. The molecule has 0 radical (unpaired) electrons. The van der Waals surface area contributed by atoms with Crippen molar-refractivity contribution < 1.29 is 9.53 Å². The van der Waals surface area contributed by atoms with Crippen LogP contribution in [0.3, 0.4) is 0 Å². The van der Waals surface area contributed by atoms with Crippen LogP contribution in [0.4, 0.5) is 0 Å². The van der Waals surface area contributed by atoms with E-state index in [2.05, 4.69) is 15.6 Å². The number of hydrogen-bond acceptors (Lipinski definition) is 5. The molecule has 1 fully saturated rings. The number of nitrogens with one attached hydrogen (secondary N) is 2. The lowest BCUT2D eigenvalue weighted by Crippen LogP contribution is -2.48. The maximum atomic E-state index is 12.1. The molecule has 3 rings (SSSR count). The van der Waals surface area contributed by atoms with Crippen LogP contribution in [0.25, 0.3) is 10.6 Å². The van der Waals surface area contributed by atoms with Gasteiger partial charge in [-0.05, 0) is 38.1 Å². The summed E-state index contributed by atoms with van der Waals surface area (Å²) in [7, 11) is 0. The summed E-state index contributed by atoms with van der Waals surface area (Å²) in [5.74, 6) is 1.29. The smallest absolute Gasteiger partial charge is 0.270 e. The topological polar surface area (TPSA) is 63.2 Å². The standard InChI is InChI=1S/C17H21N3O2S/c1-11(2)22-14-5-3-13(4-6-14)17-20-15(10-23-17)16(21)19-9-12-7-18-8-12/h3-6,10-12,18H,7-9H2,1-2H3,(H,19,21). The maximum Gasteiger partial charge on any atom is 0.270 e. The molecular weight excluding hydrogens is 310 g/mol. The zero-order valence-corrected chi connectivity index (χ0v) is 14.2. The summed E-state index contributed by atoms with van der Waals surface area (Å²) >= 11 is 1.48. The number of amides is 1. The van der Waals surface area contributed by atoms with Crippen LogP contribution in [0.5, 0.6) is 5.75 Å². The van der Waals surface area contributed by atoms with Gasteiger partial charge in [0.1, 0.15) is 16.5 Å². The molecule has 5 nitrogen and oxygen atoms in total. The lowest BCUT2D eigenvalue weighted by molar-refractivity contribution is 0.0938. The highest BCUT2D eigenvalue weighted by Crippen LogP contribution is 2.26. The molecule has 1 aliphatic rings. The van der Waals surface area contributed by atoms with Crippen molar-refractivity contribution >= 4 is 17.2 Å². The van der Waals surface area contributed by atoms with Gasteiger partial charge in [0, 0.05) is 36.5 Å². The van der Waals surface area contributed by atoms with Crippen LogP contribution in [0, 0.1) is 5.92 Å². The van der Waals surface area contributed by atoms with Crippen LogP contribution in [-0.2, 0) is 0 Å². The van der Waals surface area contributed by atoms with Crippen LogP contribution in [0.2, 0.25) is 0 Å². The third-order valence-electron chi connectivity index (χ3n) is 3.63. The van der Waals surface area contributed by atoms with Gasteiger partial charge in [-0.3, -0.25) is 4.79 Å². The van der Waals surface area contributed by atoms with Gasteiger partial charge < -0.3 is 15.4 Å². The quantitative estimate of drug-likeness (QED) is 0.854. The summed E-state index contributed by atoms with van der Waals surface area (Å²) in [5, 5.41) is 8.78. The van der Waals surface area contributed by atoms with E-state index in [1.807, 2.05) is 43.5 Å². The fourth-order valence-electron chi connectivity index (χ4n) is 2.28. The van der Waals surface area contributed by atoms with Gasteiger partial charge in [0.05, 0.1) is 6.10 Å². The predicted octanol–water partition coefficient (Wildman–Crippen LogP) is 2.55. The molecule has 2 N–H and O–H groups in total. The van der Waals surface area contributed by atoms with Crippen molar-refractivity contribution in [1.82, 2.24) is 15.6 Å². The highest BCUT2D eigenvalue weighted by atomic mass is 32.1. The number of benzene rings is 1. The highest BCUT2D eigenvalue weighted by molar-refractivity contribution is 7.13. The van der Waals surface area contributed by atoms with Gasteiger partial charge in [0.2, 0.25) is 0 Å². The molecule has 1 aliphatic heterocycles. The number of aromatic nitrogens is 1. The Balaban J connectivity index is 1.62. The van der Waals surface area contributed by atoms with Crippen molar-refractivity contribution in [2.75, 3.05) is 19.6 Å². The van der Waals surface area contributed by atoms with E-state index >= 15 is 0 Å². The summed E-state index contributed by atoms with van der Waals surface area (Å²) in [5.41, 5.74) is 1.48. The number of carbonyl (C=O) groups excluding carboxylic acids is 1. The Morgan fingerprint density at radius 1 is 1.39 bits per heavy atom. The molecule has 122 valence electrons.